The van der Waals surface area contributed by atoms with E-state index in [0.717, 1.165) is 56.5 Å². The first-order valence-corrected chi connectivity index (χ1v) is 13.5. The van der Waals surface area contributed by atoms with Gasteiger partial charge in [0.15, 0.2) is 0 Å². The van der Waals surface area contributed by atoms with Crippen LogP contribution < -0.4 is 5.32 Å². The Kier molecular flexibility index (Phi) is 6.07. The molecule has 8 heteroatoms. The highest BCUT2D eigenvalue weighted by atomic mass is 32.2. The fourth-order valence-corrected chi connectivity index (χ4v) is 8.17. The number of likely N-dealkylation sites (tertiary alicyclic amines) is 1. The van der Waals surface area contributed by atoms with E-state index < -0.39 is 9.84 Å². The quantitative estimate of drug-likeness (QED) is 0.417. The summed E-state index contributed by atoms with van der Waals surface area (Å²) in [6.07, 6.45) is 11.1. The number of fused-ring (bicyclic) bond motifs is 1. The molecule has 4 fully saturated rings. The number of piperidine rings is 1. The van der Waals surface area contributed by atoms with Crippen LogP contribution in [0.3, 0.4) is 0 Å². The number of rotatable bonds is 4. The molecule has 2 N–H and O–H groups in total. The number of hydrogen-bond acceptors (Lipinski definition) is 7. The number of nitrogens with one attached hydrogen (secondary N) is 1. The van der Waals surface area contributed by atoms with Crippen LogP contribution in [-0.4, -0.2) is 71.5 Å². The van der Waals surface area contributed by atoms with E-state index in [-0.39, 0.29) is 11.3 Å². The molecule has 4 rings (SSSR count). The Bertz CT molecular complexity index is 655. The topological polar surface area (TPSA) is 82.0 Å². The Morgan fingerprint density at radius 3 is 2.52 bits per heavy atom. The molecule has 4 aliphatic rings. The van der Waals surface area contributed by atoms with Crippen LogP contribution in [-0.2, 0) is 9.84 Å². The summed E-state index contributed by atoms with van der Waals surface area (Å²) >= 11 is 1.92. The van der Waals surface area contributed by atoms with Crippen molar-refractivity contribution in [1.82, 2.24) is 10.2 Å². The summed E-state index contributed by atoms with van der Waals surface area (Å²) < 4.78 is 23.7. The van der Waals surface area contributed by atoms with Gasteiger partial charge < -0.3 is 5.21 Å². The predicted molar refractivity (Wildman–Crippen MR) is 110 cm³/mol. The van der Waals surface area contributed by atoms with E-state index in [9.17, 15) is 13.6 Å². The van der Waals surface area contributed by atoms with Crippen molar-refractivity contribution in [3.05, 3.63) is 0 Å². The number of sulfone groups is 1. The molecule has 3 saturated heterocycles. The van der Waals surface area contributed by atoms with Gasteiger partial charge in [-0.05, 0) is 69.5 Å². The summed E-state index contributed by atoms with van der Waals surface area (Å²) in [5.41, 5.74) is 0.948. The van der Waals surface area contributed by atoms with E-state index in [4.69, 9.17) is 0 Å². The van der Waals surface area contributed by atoms with Crippen LogP contribution in [0.5, 0.6) is 0 Å². The molecule has 6 nitrogen and oxygen atoms in total. The Morgan fingerprint density at radius 2 is 1.89 bits per heavy atom. The highest BCUT2D eigenvalue weighted by Gasteiger charge is 2.44. The lowest BCUT2D eigenvalue weighted by molar-refractivity contribution is 0.0854. The van der Waals surface area contributed by atoms with Crippen molar-refractivity contribution in [3.8, 4) is 0 Å². The molecule has 27 heavy (non-hydrogen) atoms. The molecular weight excluding hydrogens is 382 g/mol. The number of hydrogen-bond donors (Lipinski definition) is 2. The molecule has 0 spiro atoms. The Balaban J connectivity index is 1.40. The zero-order valence-electron chi connectivity index (χ0n) is 16.2. The van der Waals surface area contributed by atoms with E-state index in [1.807, 2.05) is 11.8 Å². The van der Waals surface area contributed by atoms with Gasteiger partial charge in [0.05, 0.1) is 23.2 Å². The molecule has 0 amide bonds. The minimum atomic E-state index is -2.91. The SMILES string of the molecule is CS(=O)(=O)C1CCC(N2CCC3CCC(/C(=N/O)C4CCCS4)NC32)CC1. The molecule has 0 aromatic carbocycles. The summed E-state index contributed by atoms with van der Waals surface area (Å²) in [4.78, 5) is 2.60. The van der Waals surface area contributed by atoms with Crippen molar-refractivity contribution < 1.29 is 13.6 Å². The molecule has 154 valence electrons. The normalized spacial score (nSPS) is 41.6. The van der Waals surface area contributed by atoms with Crippen LogP contribution in [0.15, 0.2) is 5.16 Å². The van der Waals surface area contributed by atoms with Crippen LogP contribution in [0.4, 0.5) is 0 Å². The zero-order chi connectivity index (χ0) is 19.0. The van der Waals surface area contributed by atoms with Crippen molar-refractivity contribution in [2.24, 2.45) is 11.1 Å². The molecule has 1 saturated carbocycles. The summed E-state index contributed by atoms with van der Waals surface area (Å²) in [7, 11) is -2.91. The Morgan fingerprint density at radius 1 is 1.11 bits per heavy atom. The molecule has 0 aromatic heterocycles. The minimum Gasteiger partial charge on any atom is -0.411 e. The van der Waals surface area contributed by atoms with Crippen LogP contribution in [0.1, 0.15) is 57.8 Å². The Labute approximate surface area is 167 Å². The van der Waals surface area contributed by atoms with Crippen LogP contribution in [0.25, 0.3) is 0 Å². The van der Waals surface area contributed by atoms with Crippen LogP contribution in [0.2, 0.25) is 0 Å². The highest BCUT2D eigenvalue weighted by molar-refractivity contribution is 8.00. The zero-order valence-corrected chi connectivity index (χ0v) is 17.8. The third-order valence-electron chi connectivity index (χ3n) is 7.21. The van der Waals surface area contributed by atoms with Gasteiger partial charge in [-0.15, -0.1) is 0 Å². The lowest BCUT2D eigenvalue weighted by Gasteiger charge is -2.43. The van der Waals surface area contributed by atoms with E-state index in [1.54, 1.807) is 0 Å². The van der Waals surface area contributed by atoms with E-state index in [1.165, 1.54) is 25.5 Å². The molecule has 0 bridgehead atoms. The second kappa shape index (κ2) is 8.20. The van der Waals surface area contributed by atoms with Crippen molar-refractivity contribution in [3.63, 3.8) is 0 Å². The average molecular weight is 416 g/mol. The number of nitrogens with zero attached hydrogens (tertiary/aromatic N) is 2. The summed E-state index contributed by atoms with van der Waals surface area (Å²) in [6.45, 7) is 1.10. The van der Waals surface area contributed by atoms with Gasteiger partial charge in [-0.2, -0.15) is 11.8 Å². The third kappa shape index (κ3) is 4.19. The first-order valence-electron chi connectivity index (χ1n) is 10.5. The summed E-state index contributed by atoms with van der Waals surface area (Å²) in [5.74, 6) is 1.84. The number of oxime groups is 1. The van der Waals surface area contributed by atoms with Gasteiger partial charge in [0.25, 0.3) is 0 Å². The first-order chi connectivity index (χ1) is 13.0. The standard InChI is InChI=1S/C19H33N3O3S2/c1-27(24,25)15-7-5-14(6-8-15)22-11-10-13-4-9-16(20-19(13)22)18(21-23)17-3-2-12-26-17/h13-17,19-20,23H,2-12H2,1H3/b21-18-. The van der Waals surface area contributed by atoms with Crippen molar-refractivity contribution in [2.75, 3.05) is 18.6 Å². The van der Waals surface area contributed by atoms with Crippen molar-refractivity contribution in [1.29, 1.82) is 0 Å². The van der Waals surface area contributed by atoms with Gasteiger partial charge in [-0.25, -0.2) is 8.42 Å². The van der Waals surface area contributed by atoms with Crippen LogP contribution in [0, 0.1) is 5.92 Å². The third-order valence-corrected chi connectivity index (χ3v) is 10.3. The molecule has 4 atom stereocenters. The first kappa shape index (κ1) is 20.0. The summed E-state index contributed by atoms with van der Waals surface area (Å²) in [5, 5.41) is 17.4. The lowest BCUT2D eigenvalue weighted by Crippen LogP contribution is -2.58. The van der Waals surface area contributed by atoms with E-state index in [2.05, 4.69) is 15.4 Å². The molecule has 4 unspecified atom stereocenters. The van der Waals surface area contributed by atoms with Gasteiger partial charge in [-0.3, -0.25) is 10.2 Å². The molecule has 3 aliphatic heterocycles. The monoisotopic (exact) mass is 415 g/mol. The van der Waals surface area contributed by atoms with Crippen molar-refractivity contribution in [2.45, 2.75) is 86.5 Å². The molecule has 3 heterocycles. The maximum absolute atomic E-state index is 11.9. The van der Waals surface area contributed by atoms with Gasteiger partial charge in [0.1, 0.15) is 9.84 Å². The fraction of sp³-hybridized carbons (Fsp3) is 0.947. The average Bonchev–Trinajstić information content (AvgIpc) is 3.31. The Hall–Kier alpha value is -0.310. The fourth-order valence-electron chi connectivity index (χ4n) is 5.70. The van der Waals surface area contributed by atoms with E-state index in [0.29, 0.717) is 23.4 Å². The smallest absolute Gasteiger partial charge is 0.150 e. The van der Waals surface area contributed by atoms with Crippen molar-refractivity contribution >= 4 is 27.3 Å². The molecular formula is C19H33N3O3S2. The number of thioether (sulfide) groups is 1. The van der Waals surface area contributed by atoms with Gasteiger partial charge in [0, 0.05) is 24.1 Å². The maximum Gasteiger partial charge on any atom is 0.150 e. The van der Waals surface area contributed by atoms with Crippen LogP contribution >= 0.6 is 11.8 Å². The second-order valence-electron chi connectivity index (χ2n) is 8.81. The summed E-state index contributed by atoms with van der Waals surface area (Å²) in [6, 6.07) is 0.666. The predicted octanol–water partition coefficient (Wildman–Crippen LogP) is 2.47. The van der Waals surface area contributed by atoms with Gasteiger partial charge in [-0.1, -0.05) is 5.16 Å². The minimum absolute atomic E-state index is 0.147. The molecule has 0 radical (unpaired) electrons. The largest absolute Gasteiger partial charge is 0.411 e. The van der Waals surface area contributed by atoms with Gasteiger partial charge in [0.2, 0.25) is 0 Å². The van der Waals surface area contributed by atoms with E-state index >= 15 is 0 Å². The molecule has 1 aliphatic carbocycles. The highest BCUT2D eigenvalue weighted by Crippen LogP contribution is 2.38. The molecule has 0 aromatic rings. The second-order valence-corrected chi connectivity index (χ2v) is 12.5. The van der Waals surface area contributed by atoms with Gasteiger partial charge >= 0.3 is 0 Å². The lowest BCUT2D eigenvalue weighted by atomic mass is 9.87. The maximum atomic E-state index is 11.9.